The Hall–Kier alpha value is -1.02. The number of hydrogen-bond acceptors (Lipinski definition) is 2. The molecule has 1 unspecified atom stereocenters. The minimum absolute atomic E-state index is 0.0958. The van der Waals surface area contributed by atoms with E-state index in [-0.39, 0.29) is 5.78 Å². The SMILES string of the molecule is CCC(C)CC(=O)c1ccc(Cl)cc1N. The number of carbonyl (C=O) groups is 1. The quantitative estimate of drug-likeness (QED) is 0.629. The van der Waals surface area contributed by atoms with Crippen molar-refractivity contribution in [1.29, 1.82) is 0 Å². The lowest BCUT2D eigenvalue weighted by Crippen LogP contribution is -2.08. The lowest BCUT2D eigenvalue weighted by atomic mass is 9.97. The summed E-state index contributed by atoms with van der Waals surface area (Å²) in [6.07, 6.45) is 1.54. The predicted molar refractivity (Wildman–Crippen MR) is 64.3 cm³/mol. The molecule has 2 N–H and O–H groups in total. The molecule has 0 saturated heterocycles. The molecule has 82 valence electrons. The first-order chi connectivity index (χ1) is 7.04. The van der Waals surface area contributed by atoms with Crippen molar-refractivity contribution in [3.63, 3.8) is 0 Å². The highest BCUT2D eigenvalue weighted by Crippen LogP contribution is 2.21. The molecule has 0 aliphatic heterocycles. The smallest absolute Gasteiger partial charge is 0.165 e. The van der Waals surface area contributed by atoms with Crippen LogP contribution in [-0.4, -0.2) is 5.78 Å². The number of Topliss-reactive ketones (excluding diaryl/α,β-unsaturated/α-hetero) is 1. The largest absolute Gasteiger partial charge is 0.398 e. The number of ketones is 1. The molecular weight excluding hydrogens is 210 g/mol. The van der Waals surface area contributed by atoms with E-state index in [2.05, 4.69) is 13.8 Å². The third kappa shape index (κ3) is 3.24. The molecule has 0 amide bonds. The molecule has 0 aromatic heterocycles. The molecule has 1 aromatic carbocycles. The molecule has 0 radical (unpaired) electrons. The van der Waals surface area contributed by atoms with Crippen molar-refractivity contribution in [2.24, 2.45) is 5.92 Å². The van der Waals surface area contributed by atoms with Crippen LogP contribution in [0.25, 0.3) is 0 Å². The second-order valence-corrected chi connectivity index (χ2v) is 4.31. The number of benzene rings is 1. The zero-order valence-electron chi connectivity index (χ0n) is 9.09. The van der Waals surface area contributed by atoms with Gasteiger partial charge >= 0.3 is 0 Å². The Morgan fingerprint density at radius 1 is 1.53 bits per heavy atom. The zero-order valence-corrected chi connectivity index (χ0v) is 9.84. The van der Waals surface area contributed by atoms with Crippen molar-refractivity contribution < 1.29 is 4.79 Å². The summed E-state index contributed by atoms with van der Waals surface area (Å²) in [6, 6.07) is 5.01. The summed E-state index contributed by atoms with van der Waals surface area (Å²) in [5.74, 6) is 0.492. The van der Waals surface area contributed by atoms with Crippen molar-refractivity contribution in [2.75, 3.05) is 5.73 Å². The van der Waals surface area contributed by atoms with E-state index in [9.17, 15) is 4.79 Å². The van der Waals surface area contributed by atoms with E-state index in [1.807, 2.05) is 0 Å². The first kappa shape index (κ1) is 12.1. The fraction of sp³-hybridized carbons (Fsp3) is 0.417. The summed E-state index contributed by atoms with van der Waals surface area (Å²) >= 11 is 5.76. The second-order valence-electron chi connectivity index (χ2n) is 3.87. The van der Waals surface area contributed by atoms with Crippen LogP contribution in [0.3, 0.4) is 0 Å². The van der Waals surface area contributed by atoms with Gasteiger partial charge in [-0.3, -0.25) is 4.79 Å². The van der Waals surface area contributed by atoms with Crippen LogP contribution >= 0.6 is 11.6 Å². The Labute approximate surface area is 95.4 Å². The highest BCUT2D eigenvalue weighted by Gasteiger charge is 2.12. The third-order valence-electron chi connectivity index (χ3n) is 2.54. The van der Waals surface area contributed by atoms with Crippen molar-refractivity contribution in [3.05, 3.63) is 28.8 Å². The van der Waals surface area contributed by atoms with Gasteiger partial charge in [-0.05, 0) is 24.1 Å². The van der Waals surface area contributed by atoms with E-state index in [4.69, 9.17) is 17.3 Å². The van der Waals surface area contributed by atoms with E-state index in [1.54, 1.807) is 18.2 Å². The number of carbonyl (C=O) groups excluding carboxylic acids is 1. The van der Waals surface area contributed by atoms with Crippen molar-refractivity contribution >= 4 is 23.1 Å². The van der Waals surface area contributed by atoms with Crippen molar-refractivity contribution in [3.8, 4) is 0 Å². The fourth-order valence-electron chi connectivity index (χ4n) is 1.36. The zero-order chi connectivity index (χ0) is 11.4. The average Bonchev–Trinajstić information content (AvgIpc) is 2.17. The first-order valence-electron chi connectivity index (χ1n) is 5.12. The van der Waals surface area contributed by atoms with E-state index in [1.165, 1.54) is 0 Å². The lowest BCUT2D eigenvalue weighted by Gasteiger charge is -2.09. The lowest BCUT2D eigenvalue weighted by molar-refractivity contribution is 0.0964. The number of halogens is 1. The van der Waals surface area contributed by atoms with Crippen LogP contribution in [0.2, 0.25) is 5.02 Å². The summed E-state index contributed by atoms with van der Waals surface area (Å²) in [7, 11) is 0. The Bertz CT molecular complexity index is 363. The van der Waals surface area contributed by atoms with E-state index < -0.39 is 0 Å². The van der Waals surface area contributed by atoms with Gasteiger partial charge < -0.3 is 5.73 Å². The highest BCUT2D eigenvalue weighted by atomic mass is 35.5. The summed E-state index contributed by atoms with van der Waals surface area (Å²) in [5.41, 5.74) is 6.79. The second kappa shape index (κ2) is 5.17. The monoisotopic (exact) mass is 225 g/mol. The van der Waals surface area contributed by atoms with Crippen LogP contribution in [0.4, 0.5) is 5.69 Å². The van der Waals surface area contributed by atoms with E-state index in [0.717, 1.165) is 6.42 Å². The van der Waals surface area contributed by atoms with Gasteiger partial charge in [0.2, 0.25) is 0 Å². The minimum atomic E-state index is 0.0958. The molecular formula is C12H16ClNO. The number of nitrogen functional groups attached to an aromatic ring is 1. The molecule has 0 fully saturated rings. The van der Waals surface area contributed by atoms with Crippen LogP contribution in [-0.2, 0) is 0 Å². The maximum atomic E-state index is 11.8. The van der Waals surface area contributed by atoms with Gasteiger partial charge in [0.25, 0.3) is 0 Å². The molecule has 2 nitrogen and oxygen atoms in total. The van der Waals surface area contributed by atoms with Crippen molar-refractivity contribution in [1.82, 2.24) is 0 Å². The van der Waals surface area contributed by atoms with E-state index in [0.29, 0.717) is 28.6 Å². The standard InChI is InChI=1S/C12H16ClNO/c1-3-8(2)6-12(15)10-5-4-9(13)7-11(10)14/h4-5,7-8H,3,6,14H2,1-2H3. The molecule has 0 heterocycles. The van der Waals surface area contributed by atoms with E-state index >= 15 is 0 Å². The maximum Gasteiger partial charge on any atom is 0.165 e. The summed E-state index contributed by atoms with van der Waals surface area (Å²) in [5, 5.41) is 0.563. The Morgan fingerprint density at radius 2 is 2.20 bits per heavy atom. The Kier molecular flexibility index (Phi) is 4.15. The van der Waals surface area contributed by atoms with Gasteiger partial charge in [-0.25, -0.2) is 0 Å². The van der Waals surface area contributed by atoms with Crippen LogP contribution in [0.1, 0.15) is 37.0 Å². The van der Waals surface area contributed by atoms with Crippen LogP contribution in [0, 0.1) is 5.92 Å². The number of rotatable bonds is 4. The number of anilines is 1. The van der Waals surface area contributed by atoms with Crippen LogP contribution in [0.15, 0.2) is 18.2 Å². The number of nitrogens with two attached hydrogens (primary N) is 1. The molecule has 15 heavy (non-hydrogen) atoms. The maximum absolute atomic E-state index is 11.8. The van der Waals surface area contributed by atoms with Gasteiger partial charge in [0, 0.05) is 22.7 Å². The predicted octanol–water partition coefficient (Wildman–Crippen LogP) is 3.54. The van der Waals surface area contributed by atoms with Gasteiger partial charge in [0.15, 0.2) is 5.78 Å². The average molecular weight is 226 g/mol. The molecule has 0 spiro atoms. The molecule has 0 saturated carbocycles. The van der Waals surface area contributed by atoms with Gasteiger partial charge in [-0.1, -0.05) is 31.9 Å². The molecule has 0 bridgehead atoms. The summed E-state index contributed by atoms with van der Waals surface area (Å²) in [6.45, 7) is 4.13. The number of hydrogen-bond donors (Lipinski definition) is 1. The Balaban J connectivity index is 2.82. The summed E-state index contributed by atoms with van der Waals surface area (Å²) in [4.78, 5) is 11.8. The van der Waals surface area contributed by atoms with Crippen molar-refractivity contribution in [2.45, 2.75) is 26.7 Å². The van der Waals surface area contributed by atoms with Gasteiger partial charge in [0.1, 0.15) is 0 Å². The van der Waals surface area contributed by atoms with Gasteiger partial charge in [0.05, 0.1) is 0 Å². The van der Waals surface area contributed by atoms with Gasteiger partial charge in [-0.15, -0.1) is 0 Å². The molecule has 1 rings (SSSR count). The molecule has 1 aromatic rings. The normalized spacial score (nSPS) is 12.5. The fourth-order valence-corrected chi connectivity index (χ4v) is 1.54. The van der Waals surface area contributed by atoms with Crippen LogP contribution < -0.4 is 5.73 Å². The molecule has 0 aliphatic carbocycles. The molecule has 1 atom stereocenters. The highest BCUT2D eigenvalue weighted by molar-refractivity contribution is 6.31. The third-order valence-corrected chi connectivity index (χ3v) is 2.78. The van der Waals surface area contributed by atoms with Gasteiger partial charge in [-0.2, -0.15) is 0 Å². The topological polar surface area (TPSA) is 43.1 Å². The molecule has 3 heteroatoms. The van der Waals surface area contributed by atoms with Crippen LogP contribution in [0.5, 0.6) is 0 Å². The minimum Gasteiger partial charge on any atom is -0.398 e. The molecule has 0 aliphatic rings. The first-order valence-corrected chi connectivity index (χ1v) is 5.50. The Morgan fingerprint density at radius 3 is 2.73 bits per heavy atom. The summed E-state index contributed by atoms with van der Waals surface area (Å²) < 4.78 is 0.